The van der Waals surface area contributed by atoms with Gasteiger partial charge in [0, 0.05) is 14.2 Å². The first-order valence-corrected chi connectivity index (χ1v) is 8.17. The lowest BCUT2D eigenvalue weighted by Crippen LogP contribution is -2.24. The van der Waals surface area contributed by atoms with Crippen LogP contribution in [0.15, 0.2) is 41.5 Å². The summed E-state index contributed by atoms with van der Waals surface area (Å²) in [6, 6.07) is 9.75. The molecule has 0 fully saturated rings. The third kappa shape index (κ3) is 5.56. The number of halogens is 3. The molecule has 0 unspecified atom stereocenters. The molecule has 2 aromatic rings. The van der Waals surface area contributed by atoms with Crippen LogP contribution in [0, 0.1) is 3.57 Å². The number of carbonyl (C=O) groups excluding carboxylic acids is 1. The Morgan fingerprint density at radius 3 is 2.83 bits per heavy atom. The largest absolute Gasteiger partial charge is 0.507 e. The SMILES string of the molecule is O=C(COc1ccc(Cl)cc1Cl)NN=Cc1cc(I)ccc1O. The first-order chi connectivity index (χ1) is 11.0. The topological polar surface area (TPSA) is 70.9 Å². The van der Waals surface area contributed by atoms with Gasteiger partial charge in [-0.05, 0) is 59.0 Å². The zero-order chi connectivity index (χ0) is 16.8. The Labute approximate surface area is 156 Å². The Hall–Kier alpha value is -1.51. The highest BCUT2D eigenvalue weighted by Gasteiger charge is 2.06. The molecule has 5 nitrogen and oxygen atoms in total. The van der Waals surface area contributed by atoms with Crippen LogP contribution in [0.2, 0.25) is 10.0 Å². The van der Waals surface area contributed by atoms with Gasteiger partial charge in [-0.1, -0.05) is 23.2 Å². The molecule has 1 amide bonds. The van der Waals surface area contributed by atoms with Crippen LogP contribution in [-0.4, -0.2) is 23.8 Å². The maximum absolute atomic E-state index is 11.7. The molecule has 0 heterocycles. The van der Waals surface area contributed by atoms with Crippen LogP contribution in [0.3, 0.4) is 0 Å². The number of phenols is 1. The Kier molecular flexibility index (Phi) is 6.49. The molecule has 0 aliphatic rings. The number of hydrazone groups is 1. The van der Waals surface area contributed by atoms with Crippen molar-refractivity contribution in [2.24, 2.45) is 5.10 Å². The molecule has 0 aliphatic heterocycles. The van der Waals surface area contributed by atoms with E-state index in [1.54, 1.807) is 30.3 Å². The molecule has 0 saturated carbocycles. The van der Waals surface area contributed by atoms with E-state index >= 15 is 0 Å². The second-order valence-electron chi connectivity index (χ2n) is 4.36. The Balaban J connectivity index is 1.87. The number of benzene rings is 2. The number of aromatic hydroxyl groups is 1. The van der Waals surface area contributed by atoms with E-state index in [2.05, 4.69) is 33.1 Å². The van der Waals surface area contributed by atoms with Crippen molar-refractivity contribution in [1.82, 2.24) is 5.43 Å². The number of nitrogens with one attached hydrogen (secondary N) is 1. The van der Waals surface area contributed by atoms with Crippen molar-refractivity contribution in [3.8, 4) is 11.5 Å². The monoisotopic (exact) mass is 464 g/mol. The molecule has 0 atom stereocenters. The predicted molar refractivity (Wildman–Crippen MR) is 98.5 cm³/mol. The molecule has 23 heavy (non-hydrogen) atoms. The number of carbonyl (C=O) groups is 1. The molecule has 2 N–H and O–H groups in total. The summed E-state index contributed by atoms with van der Waals surface area (Å²) >= 11 is 13.8. The molecule has 2 aromatic carbocycles. The van der Waals surface area contributed by atoms with Crippen molar-refractivity contribution in [2.45, 2.75) is 0 Å². The van der Waals surface area contributed by atoms with Gasteiger partial charge in [-0.3, -0.25) is 4.79 Å². The third-order valence-corrected chi connectivity index (χ3v) is 3.84. The Bertz CT molecular complexity index is 753. The van der Waals surface area contributed by atoms with Gasteiger partial charge in [0.2, 0.25) is 0 Å². The maximum Gasteiger partial charge on any atom is 0.277 e. The van der Waals surface area contributed by atoms with E-state index < -0.39 is 5.91 Å². The summed E-state index contributed by atoms with van der Waals surface area (Å²) in [5, 5.41) is 14.2. The van der Waals surface area contributed by atoms with E-state index in [4.69, 9.17) is 27.9 Å². The highest BCUT2D eigenvalue weighted by molar-refractivity contribution is 14.1. The molecular weight excluding hydrogens is 454 g/mol. The number of hydrogen-bond donors (Lipinski definition) is 2. The van der Waals surface area contributed by atoms with E-state index in [0.29, 0.717) is 21.4 Å². The molecule has 0 aromatic heterocycles. The number of ether oxygens (including phenoxy) is 1. The van der Waals surface area contributed by atoms with Gasteiger partial charge < -0.3 is 9.84 Å². The van der Waals surface area contributed by atoms with Crippen LogP contribution in [0.25, 0.3) is 0 Å². The normalized spacial score (nSPS) is 10.7. The summed E-state index contributed by atoms with van der Waals surface area (Å²) in [5.74, 6) is -0.0320. The van der Waals surface area contributed by atoms with E-state index in [1.165, 1.54) is 12.3 Å². The van der Waals surface area contributed by atoms with E-state index in [-0.39, 0.29) is 12.4 Å². The van der Waals surface area contributed by atoms with Crippen molar-refractivity contribution in [1.29, 1.82) is 0 Å². The number of rotatable bonds is 5. The van der Waals surface area contributed by atoms with Crippen molar-refractivity contribution < 1.29 is 14.6 Å². The van der Waals surface area contributed by atoms with Crippen LogP contribution < -0.4 is 10.2 Å². The molecule has 0 bridgehead atoms. The van der Waals surface area contributed by atoms with Gasteiger partial charge in [-0.2, -0.15) is 5.10 Å². The second kappa shape index (κ2) is 8.37. The summed E-state index contributed by atoms with van der Waals surface area (Å²) in [4.78, 5) is 11.7. The lowest BCUT2D eigenvalue weighted by atomic mass is 10.2. The zero-order valence-electron chi connectivity index (χ0n) is 11.6. The van der Waals surface area contributed by atoms with Gasteiger partial charge >= 0.3 is 0 Å². The molecule has 0 saturated heterocycles. The number of phenolic OH excluding ortho intramolecular Hbond substituents is 1. The quantitative estimate of drug-likeness (QED) is 0.401. The first-order valence-electron chi connectivity index (χ1n) is 6.34. The third-order valence-electron chi connectivity index (χ3n) is 2.64. The molecular formula is C15H11Cl2IN2O3. The van der Waals surface area contributed by atoms with Gasteiger partial charge in [0.25, 0.3) is 5.91 Å². The minimum atomic E-state index is -0.461. The minimum Gasteiger partial charge on any atom is -0.507 e. The molecule has 0 spiro atoms. The van der Waals surface area contributed by atoms with E-state index in [1.807, 2.05) is 0 Å². The number of amides is 1. The van der Waals surface area contributed by atoms with Crippen molar-refractivity contribution >= 4 is 57.9 Å². The Morgan fingerprint density at radius 1 is 1.30 bits per heavy atom. The van der Waals surface area contributed by atoms with Gasteiger partial charge in [-0.15, -0.1) is 0 Å². The molecule has 0 aliphatic carbocycles. The van der Waals surface area contributed by atoms with E-state index in [0.717, 1.165) is 3.57 Å². The molecule has 120 valence electrons. The second-order valence-corrected chi connectivity index (χ2v) is 6.45. The summed E-state index contributed by atoms with van der Waals surface area (Å²) in [7, 11) is 0. The summed E-state index contributed by atoms with van der Waals surface area (Å²) < 4.78 is 6.21. The average molecular weight is 465 g/mol. The lowest BCUT2D eigenvalue weighted by molar-refractivity contribution is -0.123. The highest BCUT2D eigenvalue weighted by atomic mass is 127. The van der Waals surface area contributed by atoms with Crippen LogP contribution in [0.5, 0.6) is 11.5 Å². The van der Waals surface area contributed by atoms with E-state index in [9.17, 15) is 9.90 Å². The number of hydrogen-bond acceptors (Lipinski definition) is 4. The van der Waals surface area contributed by atoms with Crippen molar-refractivity contribution in [3.05, 3.63) is 55.6 Å². The van der Waals surface area contributed by atoms with Crippen LogP contribution in [-0.2, 0) is 4.79 Å². The van der Waals surface area contributed by atoms with Gasteiger partial charge in [-0.25, -0.2) is 5.43 Å². The first kappa shape index (κ1) is 17.8. The fourth-order valence-corrected chi connectivity index (χ4v) is 2.55. The van der Waals surface area contributed by atoms with Gasteiger partial charge in [0.05, 0.1) is 11.2 Å². The molecule has 8 heteroatoms. The molecule has 0 radical (unpaired) electrons. The van der Waals surface area contributed by atoms with Gasteiger partial charge in [0.1, 0.15) is 11.5 Å². The lowest BCUT2D eigenvalue weighted by Gasteiger charge is -2.07. The zero-order valence-corrected chi connectivity index (χ0v) is 15.3. The average Bonchev–Trinajstić information content (AvgIpc) is 2.50. The summed E-state index contributed by atoms with van der Waals surface area (Å²) in [6.07, 6.45) is 1.35. The Morgan fingerprint density at radius 2 is 2.09 bits per heavy atom. The summed E-state index contributed by atoms with van der Waals surface area (Å²) in [5.41, 5.74) is 2.80. The molecule has 2 rings (SSSR count). The van der Waals surface area contributed by atoms with Crippen molar-refractivity contribution in [2.75, 3.05) is 6.61 Å². The van der Waals surface area contributed by atoms with Crippen LogP contribution in [0.4, 0.5) is 0 Å². The fourth-order valence-electron chi connectivity index (χ4n) is 1.57. The van der Waals surface area contributed by atoms with Crippen LogP contribution >= 0.6 is 45.8 Å². The smallest absolute Gasteiger partial charge is 0.277 e. The summed E-state index contributed by atoms with van der Waals surface area (Å²) in [6.45, 7) is -0.253. The van der Waals surface area contributed by atoms with Crippen LogP contribution in [0.1, 0.15) is 5.56 Å². The minimum absolute atomic E-state index is 0.0765. The van der Waals surface area contributed by atoms with Crippen molar-refractivity contribution in [3.63, 3.8) is 0 Å². The maximum atomic E-state index is 11.7. The standard InChI is InChI=1S/C15H11Cl2IN2O3/c16-10-1-4-14(12(17)6-10)23-8-15(22)20-19-7-9-5-11(18)2-3-13(9)21/h1-7,21H,8H2,(H,20,22). The van der Waals surface area contributed by atoms with Gasteiger partial charge in [0.15, 0.2) is 6.61 Å². The highest BCUT2D eigenvalue weighted by Crippen LogP contribution is 2.27. The predicted octanol–water partition coefficient (Wildman–Crippen LogP) is 3.83. The number of nitrogens with zero attached hydrogens (tertiary/aromatic N) is 1. The fraction of sp³-hybridized carbons (Fsp3) is 0.0667.